The van der Waals surface area contributed by atoms with Crippen molar-refractivity contribution in [3.05, 3.63) is 106 Å². The maximum atomic E-state index is 12.9. The Labute approximate surface area is 203 Å². The number of esters is 1. The van der Waals surface area contributed by atoms with Gasteiger partial charge in [0, 0.05) is 22.5 Å². The molecule has 0 saturated heterocycles. The predicted octanol–water partition coefficient (Wildman–Crippen LogP) is 6.28. The molecule has 1 aliphatic heterocycles. The van der Waals surface area contributed by atoms with Crippen molar-refractivity contribution < 1.29 is 27.5 Å². The SMILES string of the molecule is COC(=O)c1ccc(C2=CN(C(=O)Nc3ccc(C(F)(F)F)cc3)NC2c2ccc(Cl)cc2)cc1. The maximum absolute atomic E-state index is 12.9. The molecule has 0 spiro atoms. The highest BCUT2D eigenvalue weighted by molar-refractivity contribution is 6.30. The van der Waals surface area contributed by atoms with E-state index >= 15 is 0 Å². The molecule has 0 bridgehead atoms. The third-order valence-corrected chi connectivity index (χ3v) is 5.62. The number of nitrogens with zero attached hydrogens (tertiary/aromatic N) is 1. The molecule has 0 fully saturated rings. The van der Waals surface area contributed by atoms with Crippen molar-refractivity contribution in [1.29, 1.82) is 0 Å². The first-order valence-corrected chi connectivity index (χ1v) is 10.7. The van der Waals surface area contributed by atoms with Crippen molar-refractivity contribution in [1.82, 2.24) is 10.4 Å². The largest absolute Gasteiger partial charge is 0.465 e. The lowest BCUT2D eigenvalue weighted by Crippen LogP contribution is -2.39. The fourth-order valence-electron chi connectivity index (χ4n) is 3.57. The normalized spacial score (nSPS) is 15.5. The van der Waals surface area contributed by atoms with Gasteiger partial charge in [-0.2, -0.15) is 13.2 Å². The summed E-state index contributed by atoms with van der Waals surface area (Å²) in [5.74, 6) is -0.470. The first-order valence-electron chi connectivity index (χ1n) is 10.4. The van der Waals surface area contributed by atoms with Gasteiger partial charge in [0.2, 0.25) is 0 Å². The summed E-state index contributed by atoms with van der Waals surface area (Å²) >= 11 is 6.02. The van der Waals surface area contributed by atoms with Gasteiger partial charge in [0.1, 0.15) is 0 Å². The molecule has 3 aromatic carbocycles. The molecule has 180 valence electrons. The number of nitrogens with one attached hydrogen (secondary N) is 2. The van der Waals surface area contributed by atoms with Crippen molar-refractivity contribution >= 4 is 34.9 Å². The van der Waals surface area contributed by atoms with Crippen LogP contribution in [0.15, 0.2) is 79.0 Å². The smallest absolute Gasteiger partial charge is 0.416 e. The lowest BCUT2D eigenvalue weighted by Gasteiger charge is -2.20. The summed E-state index contributed by atoms with van der Waals surface area (Å²) in [6.07, 6.45) is -2.88. The van der Waals surface area contributed by atoms with Crippen molar-refractivity contribution in [3.63, 3.8) is 0 Å². The summed E-state index contributed by atoms with van der Waals surface area (Å²) in [5.41, 5.74) is 5.16. The van der Waals surface area contributed by atoms with Gasteiger partial charge < -0.3 is 10.1 Å². The van der Waals surface area contributed by atoms with Crippen LogP contribution < -0.4 is 10.7 Å². The summed E-state index contributed by atoms with van der Waals surface area (Å²) in [7, 11) is 1.30. The fraction of sp³-hybridized carbons (Fsp3) is 0.120. The van der Waals surface area contributed by atoms with Crippen LogP contribution in [0.25, 0.3) is 5.57 Å². The molecule has 0 saturated carbocycles. The average molecular weight is 502 g/mol. The molecule has 6 nitrogen and oxygen atoms in total. The zero-order valence-electron chi connectivity index (χ0n) is 18.3. The van der Waals surface area contributed by atoms with E-state index < -0.39 is 29.8 Å². The Bertz CT molecular complexity index is 1260. The van der Waals surface area contributed by atoms with Crippen molar-refractivity contribution in [2.45, 2.75) is 12.2 Å². The highest BCUT2D eigenvalue weighted by Gasteiger charge is 2.31. The first-order chi connectivity index (χ1) is 16.7. The van der Waals surface area contributed by atoms with Gasteiger partial charge in [-0.25, -0.2) is 20.0 Å². The van der Waals surface area contributed by atoms with Gasteiger partial charge in [-0.15, -0.1) is 0 Å². The zero-order valence-corrected chi connectivity index (χ0v) is 19.0. The fourth-order valence-corrected chi connectivity index (χ4v) is 3.70. The van der Waals surface area contributed by atoms with E-state index in [2.05, 4.69) is 10.7 Å². The standard InChI is InChI=1S/C25H19ClF3N3O3/c1-35-23(33)17-4-2-15(3-5-17)21-14-32(31-22(21)16-6-10-19(26)11-7-16)24(34)30-20-12-8-18(9-13-20)25(27,28)29/h2-14,22,31H,1H3,(H,30,34). The molecule has 1 atom stereocenters. The highest BCUT2D eigenvalue weighted by atomic mass is 35.5. The molecule has 4 rings (SSSR count). The summed E-state index contributed by atoms with van der Waals surface area (Å²) < 4.78 is 43.1. The Hall–Kier alpha value is -3.82. The number of hydrogen-bond acceptors (Lipinski definition) is 4. The van der Waals surface area contributed by atoms with Gasteiger partial charge in [-0.3, -0.25) is 0 Å². The third-order valence-electron chi connectivity index (χ3n) is 5.37. The highest BCUT2D eigenvalue weighted by Crippen LogP contribution is 2.36. The van der Waals surface area contributed by atoms with Gasteiger partial charge in [0.05, 0.1) is 24.3 Å². The molecule has 1 aliphatic rings. The number of anilines is 1. The number of benzene rings is 3. The number of rotatable bonds is 4. The molecule has 1 heterocycles. The van der Waals surface area contributed by atoms with E-state index in [0.29, 0.717) is 10.6 Å². The van der Waals surface area contributed by atoms with E-state index in [1.165, 1.54) is 24.3 Å². The van der Waals surface area contributed by atoms with Gasteiger partial charge >= 0.3 is 18.2 Å². The number of urea groups is 1. The van der Waals surface area contributed by atoms with Gasteiger partial charge in [-0.05, 0) is 59.7 Å². The lowest BCUT2D eigenvalue weighted by molar-refractivity contribution is -0.137. The maximum Gasteiger partial charge on any atom is 0.416 e. The van der Waals surface area contributed by atoms with Crippen molar-refractivity contribution in [3.8, 4) is 0 Å². The van der Waals surface area contributed by atoms with Gasteiger partial charge in [0.15, 0.2) is 0 Å². The van der Waals surface area contributed by atoms with Crippen LogP contribution in [-0.4, -0.2) is 24.1 Å². The van der Waals surface area contributed by atoms with E-state index in [9.17, 15) is 22.8 Å². The van der Waals surface area contributed by atoms with Gasteiger partial charge in [-0.1, -0.05) is 35.9 Å². The van der Waals surface area contributed by atoms with Crippen molar-refractivity contribution in [2.75, 3.05) is 12.4 Å². The number of amides is 2. The molecule has 0 radical (unpaired) electrons. The molecule has 10 heteroatoms. The minimum absolute atomic E-state index is 0.206. The molecule has 1 unspecified atom stereocenters. The summed E-state index contributed by atoms with van der Waals surface area (Å²) in [6.45, 7) is 0. The minimum Gasteiger partial charge on any atom is -0.465 e. The Morgan fingerprint density at radius 1 is 0.971 bits per heavy atom. The van der Waals surface area contributed by atoms with Crippen LogP contribution in [0.1, 0.15) is 33.1 Å². The molecule has 0 aliphatic carbocycles. The average Bonchev–Trinajstić information content (AvgIpc) is 3.29. The second-order valence-electron chi connectivity index (χ2n) is 7.64. The van der Waals surface area contributed by atoms with E-state index in [1.807, 2.05) is 12.1 Å². The molecular weight excluding hydrogens is 483 g/mol. The number of halogens is 4. The van der Waals surface area contributed by atoms with E-state index in [0.717, 1.165) is 28.8 Å². The summed E-state index contributed by atoms with van der Waals surface area (Å²) in [6, 6.07) is 16.9. The molecule has 2 amide bonds. The number of ether oxygens (including phenoxy) is 1. The molecule has 0 aromatic heterocycles. The van der Waals surface area contributed by atoms with Crippen LogP contribution in [0, 0.1) is 0 Å². The monoisotopic (exact) mass is 501 g/mol. The molecule has 3 aromatic rings. The van der Waals surface area contributed by atoms with E-state index in [-0.39, 0.29) is 5.69 Å². The molecule has 2 N–H and O–H groups in total. The number of carbonyl (C=O) groups is 2. The Morgan fingerprint density at radius 2 is 1.60 bits per heavy atom. The number of methoxy groups -OCH3 is 1. The molecule has 35 heavy (non-hydrogen) atoms. The third kappa shape index (κ3) is 5.47. The van der Waals surface area contributed by atoms with E-state index in [1.54, 1.807) is 42.6 Å². The second-order valence-corrected chi connectivity index (χ2v) is 8.08. The second kappa shape index (κ2) is 9.81. The summed E-state index contributed by atoms with van der Waals surface area (Å²) in [5, 5.41) is 4.35. The van der Waals surface area contributed by atoms with Crippen LogP contribution in [0.4, 0.5) is 23.7 Å². The van der Waals surface area contributed by atoms with Crippen LogP contribution in [0.5, 0.6) is 0 Å². The minimum atomic E-state index is -4.47. The Morgan fingerprint density at radius 3 is 2.17 bits per heavy atom. The number of hydrazine groups is 1. The Balaban J connectivity index is 1.60. The Kier molecular flexibility index (Phi) is 6.81. The lowest BCUT2D eigenvalue weighted by atomic mass is 9.94. The van der Waals surface area contributed by atoms with Crippen LogP contribution in [0.3, 0.4) is 0 Å². The quantitative estimate of drug-likeness (QED) is 0.413. The molecular formula is C25H19ClF3N3O3. The van der Waals surface area contributed by atoms with Crippen molar-refractivity contribution in [2.24, 2.45) is 0 Å². The number of hydrogen-bond donors (Lipinski definition) is 2. The summed E-state index contributed by atoms with van der Waals surface area (Å²) in [4.78, 5) is 24.7. The van der Waals surface area contributed by atoms with E-state index in [4.69, 9.17) is 16.3 Å². The van der Waals surface area contributed by atoms with Crippen LogP contribution in [0.2, 0.25) is 5.02 Å². The van der Waals surface area contributed by atoms with Gasteiger partial charge in [0.25, 0.3) is 0 Å². The van der Waals surface area contributed by atoms with Crippen LogP contribution in [-0.2, 0) is 10.9 Å². The first kappa shape index (κ1) is 24.3. The number of carbonyl (C=O) groups excluding carboxylic acids is 2. The topological polar surface area (TPSA) is 70.7 Å². The zero-order chi connectivity index (χ0) is 25.2. The van der Waals surface area contributed by atoms with Crippen LogP contribution >= 0.6 is 11.6 Å². The number of alkyl halides is 3. The predicted molar refractivity (Wildman–Crippen MR) is 125 cm³/mol.